The molecule has 1 amide bonds. The van der Waals surface area contributed by atoms with Gasteiger partial charge in [0.1, 0.15) is 5.82 Å². The Morgan fingerprint density at radius 2 is 1.71 bits per heavy atom. The number of nitrogens with zero attached hydrogens (tertiary/aromatic N) is 3. The Balaban J connectivity index is 1.67. The third-order valence-corrected chi connectivity index (χ3v) is 7.20. The van der Waals surface area contributed by atoms with E-state index in [0.29, 0.717) is 41.9 Å². The Kier molecular flexibility index (Phi) is 6.87. The first-order chi connectivity index (χ1) is 14.8. The van der Waals surface area contributed by atoms with Crippen LogP contribution in [-0.2, 0) is 28.3 Å². The van der Waals surface area contributed by atoms with E-state index in [2.05, 4.69) is 10.3 Å². The summed E-state index contributed by atoms with van der Waals surface area (Å²) in [5, 5.41) is 3.30. The molecule has 0 spiro atoms. The summed E-state index contributed by atoms with van der Waals surface area (Å²) in [5.41, 5.74) is 0.959. The van der Waals surface area contributed by atoms with Gasteiger partial charge in [-0.1, -0.05) is 26.0 Å². The highest BCUT2D eigenvalue weighted by molar-refractivity contribution is 7.89. The van der Waals surface area contributed by atoms with Crippen molar-refractivity contribution in [2.24, 2.45) is 7.05 Å². The molecule has 0 radical (unpaired) electrons. The number of rotatable bonds is 8. The molecule has 31 heavy (non-hydrogen) atoms. The fourth-order valence-corrected chi connectivity index (χ4v) is 4.82. The largest absolute Gasteiger partial charge is 0.326 e. The summed E-state index contributed by atoms with van der Waals surface area (Å²) < 4.78 is 27.9. The van der Waals surface area contributed by atoms with Crippen LogP contribution in [0.2, 0.25) is 0 Å². The van der Waals surface area contributed by atoms with Crippen molar-refractivity contribution in [3.63, 3.8) is 0 Å². The van der Waals surface area contributed by atoms with Crippen molar-refractivity contribution < 1.29 is 13.2 Å². The van der Waals surface area contributed by atoms with E-state index < -0.39 is 10.0 Å². The highest BCUT2D eigenvalue weighted by Crippen LogP contribution is 2.18. The molecule has 0 saturated carbocycles. The van der Waals surface area contributed by atoms with Crippen LogP contribution in [0.25, 0.3) is 10.9 Å². The van der Waals surface area contributed by atoms with Crippen LogP contribution >= 0.6 is 0 Å². The summed E-state index contributed by atoms with van der Waals surface area (Å²) in [6.07, 6.45) is 0.439. The number of amides is 1. The zero-order valence-corrected chi connectivity index (χ0v) is 18.6. The van der Waals surface area contributed by atoms with Crippen molar-refractivity contribution in [3.8, 4) is 0 Å². The van der Waals surface area contributed by atoms with Gasteiger partial charge in [0, 0.05) is 38.7 Å². The van der Waals surface area contributed by atoms with E-state index in [9.17, 15) is 18.0 Å². The average molecular weight is 443 g/mol. The first-order valence-electron chi connectivity index (χ1n) is 10.1. The third-order valence-electron chi connectivity index (χ3n) is 5.13. The van der Waals surface area contributed by atoms with Crippen LogP contribution in [-0.4, -0.2) is 41.3 Å². The Morgan fingerprint density at radius 1 is 1.06 bits per heavy atom. The summed E-state index contributed by atoms with van der Waals surface area (Å²) >= 11 is 0. The number of carbonyl (C=O) groups excluding carboxylic acids is 1. The van der Waals surface area contributed by atoms with Crippen LogP contribution in [0.3, 0.4) is 0 Å². The lowest BCUT2D eigenvalue weighted by Gasteiger charge is -2.18. The standard InChI is InChI=1S/C22H26N4O4S/c1-4-26(5-2)31(29,30)17-12-10-16(11-13-17)23-21(27)15-14-20-24-19-9-7-6-8-18(19)22(28)25(20)3/h6-13H,4-5,14-15H2,1-3H3,(H,23,27). The normalized spacial score (nSPS) is 11.7. The van der Waals surface area contributed by atoms with E-state index in [1.165, 1.54) is 21.0 Å². The Bertz CT molecular complexity index is 1250. The second kappa shape index (κ2) is 9.40. The predicted molar refractivity (Wildman–Crippen MR) is 120 cm³/mol. The van der Waals surface area contributed by atoms with Crippen LogP contribution in [0.4, 0.5) is 5.69 Å². The smallest absolute Gasteiger partial charge is 0.261 e. The van der Waals surface area contributed by atoms with Gasteiger partial charge in [0.2, 0.25) is 15.9 Å². The molecule has 0 fully saturated rings. The number of hydrogen-bond donors (Lipinski definition) is 1. The molecule has 0 saturated heterocycles. The van der Waals surface area contributed by atoms with Gasteiger partial charge in [0.15, 0.2) is 0 Å². The van der Waals surface area contributed by atoms with Gasteiger partial charge >= 0.3 is 0 Å². The minimum absolute atomic E-state index is 0.137. The maximum Gasteiger partial charge on any atom is 0.261 e. The minimum atomic E-state index is -3.54. The first-order valence-corrected chi connectivity index (χ1v) is 11.6. The number of benzene rings is 2. The monoisotopic (exact) mass is 442 g/mol. The lowest BCUT2D eigenvalue weighted by Crippen LogP contribution is -2.30. The molecule has 2 aromatic carbocycles. The number of hydrogen-bond acceptors (Lipinski definition) is 5. The zero-order chi connectivity index (χ0) is 22.6. The molecular weight excluding hydrogens is 416 g/mol. The molecule has 3 rings (SSSR count). The topological polar surface area (TPSA) is 101 Å². The molecular formula is C22H26N4O4S. The van der Waals surface area contributed by atoms with Gasteiger partial charge in [-0.05, 0) is 36.4 Å². The van der Waals surface area contributed by atoms with Crippen LogP contribution in [0, 0.1) is 0 Å². The molecule has 0 bridgehead atoms. The van der Waals surface area contributed by atoms with Crippen LogP contribution < -0.4 is 10.9 Å². The lowest BCUT2D eigenvalue weighted by molar-refractivity contribution is -0.116. The molecule has 0 unspecified atom stereocenters. The molecule has 9 heteroatoms. The van der Waals surface area contributed by atoms with Crippen molar-refractivity contribution >= 4 is 32.5 Å². The lowest BCUT2D eigenvalue weighted by atomic mass is 10.2. The van der Waals surface area contributed by atoms with Crippen LogP contribution in [0.15, 0.2) is 58.2 Å². The average Bonchev–Trinajstić information content (AvgIpc) is 2.76. The van der Waals surface area contributed by atoms with Crippen molar-refractivity contribution in [2.75, 3.05) is 18.4 Å². The fraction of sp³-hybridized carbons (Fsp3) is 0.318. The van der Waals surface area contributed by atoms with Crippen LogP contribution in [0.5, 0.6) is 0 Å². The molecule has 0 aliphatic heterocycles. The summed E-state index contributed by atoms with van der Waals surface area (Å²) in [4.78, 5) is 29.5. The van der Waals surface area contributed by atoms with Crippen molar-refractivity contribution in [1.82, 2.24) is 13.9 Å². The number of aryl methyl sites for hydroxylation is 1. The minimum Gasteiger partial charge on any atom is -0.326 e. The highest BCUT2D eigenvalue weighted by atomic mass is 32.2. The predicted octanol–water partition coefficient (Wildman–Crippen LogP) is 2.54. The second-order valence-corrected chi connectivity index (χ2v) is 9.01. The summed E-state index contributed by atoms with van der Waals surface area (Å²) in [5.74, 6) is 0.279. The Labute approximate surface area is 181 Å². The summed E-state index contributed by atoms with van der Waals surface area (Å²) in [6, 6.07) is 13.2. The fourth-order valence-electron chi connectivity index (χ4n) is 3.36. The molecule has 8 nitrogen and oxygen atoms in total. The number of para-hydroxylation sites is 1. The van der Waals surface area contributed by atoms with Gasteiger partial charge in [-0.15, -0.1) is 0 Å². The van der Waals surface area contributed by atoms with Crippen molar-refractivity contribution in [2.45, 2.75) is 31.6 Å². The number of fused-ring (bicyclic) bond motifs is 1. The molecule has 1 N–H and O–H groups in total. The van der Waals surface area contributed by atoms with E-state index in [4.69, 9.17) is 0 Å². The molecule has 164 valence electrons. The zero-order valence-electron chi connectivity index (χ0n) is 17.8. The first kappa shape index (κ1) is 22.6. The number of carbonyl (C=O) groups is 1. The number of aromatic nitrogens is 2. The van der Waals surface area contributed by atoms with E-state index in [-0.39, 0.29) is 22.8 Å². The summed E-state index contributed by atoms with van der Waals surface area (Å²) in [6.45, 7) is 4.36. The summed E-state index contributed by atoms with van der Waals surface area (Å²) in [7, 11) is -1.90. The van der Waals surface area contributed by atoms with E-state index in [0.717, 1.165) is 0 Å². The number of anilines is 1. The molecule has 0 aliphatic carbocycles. The Morgan fingerprint density at radius 3 is 2.35 bits per heavy atom. The van der Waals surface area contributed by atoms with Gasteiger partial charge < -0.3 is 5.32 Å². The van der Waals surface area contributed by atoms with Gasteiger partial charge in [0.05, 0.1) is 15.8 Å². The third kappa shape index (κ3) is 4.83. The molecule has 0 atom stereocenters. The van der Waals surface area contributed by atoms with Crippen molar-refractivity contribution in [3.05, 3.63) is 64.7 Å². The maximum absolute atomic E-state index is 12.5. The molecule has 3 aromatic rings. The van der Waals surface area contributed by atoms with Gasteiger partial charge in [-0.25, -0.2) is 13.4 Å². The number of nitrogens with one attached hydrogen (secondary N) is 1. The molecule has 0 aliphatic rings. The van der Waals surface area contributed by atoms with E-state index in [1.54, 1.807) is 51.2 Å². The maximum atomic E-state index is 12.5. The molecule has 1 heterocycles. The van der Waals surface area contributed by atoms with Crippen LogP contribution in [0.1, 0.15) is 26.1 Å². The SMILES string of the molecule is CCN(CC)S(=O)(=O)c1ccc(NC(=O)CCc2nc3ccccc3c(=O)n2C)cc1. The van der Waals surface area contributed by atoms with Crippen molar-refractivity contribution in [1.29, 1.82) is 0 Å². The van der Waals surface area contributed by atoms with Gasteiger partial charge in [-0.2, -0.15) is 4.31 Å². The Hall–Kier alpha value is -3.04. The van der Waals surface area contributed by atoms with Gasteiger partial charge in [0.25, 0.3) is 5.56 Å². The van der Waals surface area contributed by atoms with E-state index >= 15 is 0 Å². The number of sulfonamides is 1. The molecule has 1 aromatic heterocycles. The quantitative estimate of drug-likeness (QED) is 0.578. The second-order valence-electron chi connectivity index (χ2n) is 7.07. The van der Waals surface area contributed by atoms with Gasteiger partial charge in [-0.3, -0.25) is 14.2 Å². The highest BCUT2D eigenvalue weighted by Gasteiger charge is 2.21. The van der Waals surface area contributed by atoms with E-state index in [1.807, 2.05) is 6.07 Å².